The highest BCUT2D eigenvalue weighted by molar-refractivity contribution is 6.56. The van der Waals surface area contributed by atoms with Gasteiger partial charge in [-0.2, -0.15) is 0 Å². The van der Waals surface area contributed by atoms with Gasteiger partial charge in [0.2, 0.25) is 5.91 Å². The number of carboxylic acid groups (broad SMARTS) is 1. The van der Waals surface area contributed by atoms with E-state index in [1.165, 1.54) is 25.1 Å². The number of carbonyl (C=O) groups is 2. The third-order valence-corrected chi connectivity index (χ3v) is 4.69. The van der Waals surface area contributed by atoms with Crippen LogP contribution in [-0.2, 0) is 14.1 Å². The van der Waals surface area contributed by atoms with Crippen LogP contribution < -0.4 is 5.32 Å². The van der Waals surface area contributed by atoms with Crippen LogP contribution in [0.3, 0.4) is 0 Å². The van der Waals surface area contributed by atoms with E-state index in [4.69, 9.17) is 14.4 Å². The van der Waals surface area contributed by atoms with Gasteiger partial charge in [-0.25, -0.2) is 9.18 Å². The van der Waals surface area contributed by atoms with Crippen molar-refractivity contribution >= 4 is 25.1 Å². The molecule has 0 aliphatic carbocycles. The molecule has 26 heavy (non-hydrogen) atoms. The van der Waals surface area contributed by atoms with E-state index in [-0.39, 0.29) is 23.6 Å². The van der Waals surface area contributed by atoms with Crippen molar-refractivity contribution in [3.8, 4) is 0 Å². The number of halogens is 1. The number of hydrogen-bond acceptors (Lipinski definition) is 4. The summed E-state index contributed by atoms with van der Waals surface area (Å²) >= 11 is 0. The molecule has 2 rings (SSSR count). The van der Waals surface area contributed by atoms with Crippen molar-refractivity contribution in [3.05, 3.63) is 40.6 Å². The maximum atomic E-state index is 14.3. The summed E-state index contributed by atoms with van der Waals surface area (Å²) in [4.78, 5) is 22.2. The first-order valence-corrected chi connectivity index (χ1v) is 8.26. The molecule has 2 N–H and O–H groups in total. The molecule has 1 amide bonds. The lowest BCUT2D eigenvalue weighted by Gasteiger charge is -2.32. The molecule has 0 bridgehead atoms. The van der Waals surface area contributed by atoms with Crippen molar-refractivity contribution < 1.29 is 28.4 Å². The van der Waals surface area contributed by atoms with E-state index < -0.39 is 30.1 Å². The van der Waals surface area contributed by atoms with Gasteiger partial charge in [-0.05, 0) is 45.3 Å². The topological polar surface area (TPSA) is 84.9 Å². The second-order valence-electron chi connectivity index (χ2n) is 7.26. The Morgan fingerprint density at radius 1 is 1.23 bits per heavy atom. The van der Waals surface area contributed by atoms with Gasteiger partial charge in [-0.1, -0.05) is 12.1 Å². The minimum Gasteiger partial charge on any atom is -0.478 e. The van der Waals surface area contributed by atoms with E-state index >= 15 is 0 Å². The quantitative estimate of drug-likeness (QED) is 0.786. The first kappa shape index (κ1) is 20.1. The molecule has 0 saturated carbocycles. The lowest BCUT2D eigenvalue weighted by atomic mass is 9.77. The highest BCUT2D eigenvalue weighted by atomic mass is 19.1. The van der Waals surface area contributed by atoms with Crippen molar-refractivity contribution in [1.29, 1.82) is 0 Å². The molecule has 1 heterocycles. The Kier molecular flexibility index (Phi) is 5.58. The molecule has 8 heteroatoms. The van der Waals surface area contributed by atoms with E-state index in [1.807, 2.05) is 27.7 Å². The van der Waals surface area contributed by atoms with Gasteiger partial charge >= 0.3 is 13.1 Å². The molecular formula is C18H23BFNO5. The zero-order valence-corrected chi connectivity index (χ0v) is 15.6. The molecule has 1 aromatic rings. The van der Waals surface area contributed by atoms with Crippen molar-refractivity contribution in [3.63, 3.8) is 0 Å². The zero-order valence-electron chi connectivity index (χ0n) is 15.6. The molecule has 0 radical (unpaired) electrons. The number of amides is 1. The molecule has 0 aromatic heterocycles. The van der Waals surface area contributed by atoms with Gasteiger partial charge in [0.05, 0.1) is 16.8 Å². The normalized spacial score (nSPS) is 18.7. The summed E-state index contributed by atoms with van der Waals surface area (Å²) in [7, 11) is -0.759. The maximum absolute atomic E-state index is 14.3. The fourth-order valence-corrected chi connectivity index (χ4v) is 2.40. The lowest BCUT2D eigenvalue weighted by Crippen LogP contribution is -2.41. The zero-order chi connectivity index (χ0) is 19.7. The summed E-state index contributed by atoms with van der Waals surface area (Å²) in [5.74, 6) is -2.13. The van der Waals surface area contributed by atoms with E-state index in [9.17, 15) is 14.0 Å². The van der Waals surface area contributed by atoms with Gasteiger partial charge < -0.3 is 19.7 Å². The Balaban J connectivity index is 2.38. The van der Waals surface area contributed by atoms with Crippen molar-refractivity contribution in [1.82, 2.24) is 5.32 Å². The first-order chi connectivity index (χ1) is 11.9. The van der Waals surface area contributed by atoms with Gasteiger partial charge in [-0.15, -0.1) is 0 Å². The van der Waals surface area contributed by atoms with Crippen molar-refractivity contribution in [2.24, 2.45) is 0 Å². The van der Waals surface area contributed by atoms with Crippen LogP contribution in [0, 0.1) is 5.82 Å². The van der Waals surface area contributed by atoms with Crippen LogP contribution in [0.4, 0.5) is 4.39 Å². The number of hydrogen-bond donors (Lipinski definition) is 2. The maximum Gasteiger partial charge on any atom is 0.492 e. The van der Waals surface area contributed by atoms with Crippen molar-refractivity contribution in [2.75, 3.05) is 6.54 Å². The molecule has 1 aromatic carbocycles. The minimum absolute atomic E-state index is 0.117. The smallest absolute Gasteiger partial charge is 0.478 e. The molecule has 0 spiro atoms. The Labute approximate surface area is 152 Å². The number of rotatable bonds is 5. The molecule has 140 valence electrons. The van der Waals surface area contributed by atoms with Gasteiger partial charge in [0, 0.05) is 19.0 Å². The summed E-state index contributed by atoms with van der Waals surface area (Å²) in [6, 6.07) is 3.64. The minimum atomic E-state index is -1.20. The van der Waals surface area contributed by atoms with E-state index in [2.05, 4.69) is 5.32 Å². The summed E-state index contributed by atoms with van der Waals surface area (Å²) in [6.45, 7) is 9.07. The Hall–Kier alpha value is -2.19. The predicted octanol–water partition coefficient (Wildman–Crippen LogP) is 2.67. The summed E-state index contributed by atoms with van der Waals surface area (Å²) in [5.41, 5.74) is -0.596. The summed E-state index contributed by atoms with van der Waals surface area (Å²) in [6.07, 6.45) is 1.51. The molecule has 1 fully saturated rings. The monoisotopic (exact) mass is 363 g/mol. The van der Waals surface area contributed by atoms with Gasteiger partial charge in [0.25, 0.3) is 0 Å². The van der Waals surface area contributed by atoms with Gasteiger partial charge in [0.1, 0.15) is 5.82 Å². The third-order valence-electron chi connectivity index (χ3n) is 4.69. The Morgan fingerprint density at radius 2 is 1.81 bits per heavy atom. The number of carbonyl (C=O) groups excluding carboxylic acids is 1. The highest BCUT2D eigenvalue weighted by Gasteiger charge is 2.52. The van der Waals surface area contributed by atoms with E-state index in [1.54, 1.807) is 0 Å². The molecule has 0 atom stereocenters. The molecule has 1 aliphatic rings. The van der Waals surface area contributed by atoms with Crippen LogP contribution in [0.1, 0.15) is 50.5 Å². The first-order valence-electron chi connectivity index (χ1n) is 8.26. The predicted molar refractivity (Wildman–Crippen MR) is 96.1 cm³/mol. The van der Waals surface area contributed by atoms with E-state index in [0.29, 0.717) is 5.47 Å². The molecule has 0 unspecified atom stereocenters. The number of aromatic carboxylic acids is 1. The standard InChI is InChI=1S/C18H23BFNO5/c1-11(22)21-10-14(19-25-17(2,3)18(4,5)26-19)8-12-6-7-13(16(23)24)9-15(12)20/h6-9H,10H2,1-5H3,(H,21,22)(H,23,24). The van der Waals surface area contributed by atoms with Crippen LogP contribution in [0.15, 0.2) is 23.7 Å². The summed E-state index contributed by atoms with van der Waals surface area (Å²) in [5, 5.41) is 11.6. The molecule has 1 saturated heterocycles. The van der Waals surface area contributed by atoms with Crippen LogP contribution in [-0.4, -0.2) is 41.8 Å². The number of benzene rings is 1. The van der Waals surface area contributed by atoms with Crippen molar-refractivity contribution in [2.45, 2.75) is 45.8 Å². The second kappa shape index (κ2) is 7.21. The molecular weight excluding hydrogens is 340 g/mol. The Morgan fingerprint density at radius 3 is 2.27 bits per heavy atom. The average Bonchev–Trinajstić information content (AvgIpc) is 2.72. The highest BCUT2D eigenvalue weighted by Crippen LogP contribution is 2.38. The Bertz CT molecular complexity index is 744. The fraction of sp³-hybridized carbons (Fsp3) is 0.444. The van der Waals surface area contributed by atoms with Gasteiger partial charge in [-0.3, -0.25) is 4.79 Å². The molecule has 1 aliphatic heterocycles. The van der Waals surface area contributed by atoms with Crippen LogP contribution in [0.5, 0.6) is 0 Å². The van der Waals surface area contributed by atoms with Gasteiger partial charge in [0.15, 0.2) is 0 Å². The third kappa shape index (κ3) is 4.31. The second-order valence-corrected chi connectivity index (χ2v) is 7.26. The fourth-order valence-electron chi connectivity index (χ4n) is 2.40. The molecule has 6 nitrogen and oxygen atoms in total. The van der Waals surface area contributed by atoms with Crippen LogP contribution >= 0.6 is 0 Å². The lowest BCUT2D eigenvalue weighted by molar-refractivity contribution is -0.118. The summed E-state index contributed by atoms with van der Waals surface area (Å²) < 4.78 is 26.2. The SMILES string of the molecule is CC(=O)NCC(=Cc1ccc(C(=O)O)cc1F)B1OC(C)(C)C(C)(C)O1. The number of nitrogens with one attached hydrogen (secondary N) is 1. The average molecular weight is 363 g/mol. The largest absolute Gasteiger partial charge is 0.492 e. The van der Waals surface area contributed by atoms with Crippen LogP contribution in [0.25, 0.3) is 6.08 Å². The van der Waals surface area contributed by atoms with Crippen LogP contribution in [0.2, 0.25) is 0 Å². The van der Waals surface area contributed by atoms with E-state index in [0.717, 1.165) is 6.07 Å². The number of carboxylic acids is 1.